The maximum Gasteiger partial charge on any atom is 0.157 e. The van der Waals surface area contributed by atoms with E-state index >= 15 is 0 Å². The van der Waals surface area contributed by atoms with Crippen LogP contribution in [0, 0.1) is 11.8 Å². The zero-order chi connectivity index (χ0) is 18.2. The Morgan fingerprint density at radius 3 is 2.77 bits per heavy atom. The molecule has 0 aromatic carbocycles. The van der Waals surface area contributed by atoms with Crippen LogP contribution in [-0.2, 0) is 14.2 Å². The van der Waals surface area contributed by atoms with Gasteiger partial charge in [-0.25, -0.2) is 0 Å². The van der Waals surface area contributed by atoms with Crippen molar-refractivity contribution in [2.24, 2.45) is 11.8 Å². The smallest absolute Gasteiger partial charge is 0.157 e. The monoisotopic (exact) mass is 386 g/mol. The van der Waals surface area contributed by atoms with Crippen molar-refractivity contribution >= 4 is 11.8 Å². The minimum Gasteiger partial charge on any atom is -0.368 e. The Bertz CT molecular complexity index is 388. The van der Waals surface area contributed by atoms with Gasteiger partial charge in [0, 0.05) is 19.4 Å². The molecular weight excluding hydrogens is 348 g/mol. The van der Waals surface area contributed by atoms with Crippen molar-refractivity contribution in [1.82, 2.24) is 0 Å². The van der Waals surface area contributed by atoms with Crippen LogP contribution in [0.5, 0.6) is 0 Å². The van der Waals surface area contributed by atoms with Crippen LogP contribution in [0.4, 0.5) is 0 Å². The average Bonchev–Trinajstić information content (AvgIpc) is 3.14. The van der Waals surface area contributed by atoms with Crippen LogP contribution in [0.3, 0.4) is 0 Å². The summed E-state index contributed by atoms with van der Waals surface area (Å²) in [6.07, 6.45) is 12.9. The normalized spacial score (nSPS) is 37.2. The Hall–Kier alpha value is 0.190. The van der Waals surface area contributed by atoms with Gasteiger partial charge >= 0.3 is 0 Å². The molecule has 2 unspecified atom stereocenters. The largest absolute Gasteiger partial charge is 0.368 e. The summed E-state index contributed by atoms with van der Waals surface area (Å²) < 4.78 is 17.9. The van der Waals surface area contributed by atoms with Crippen molar-refractivity contribution in [2.45, 2.75) is 102 Å². The number of unbranched alkanes of at least 4 members (excludes halogenated alkanes) is 4. The fourth-order valence-electron chi connectivity index (χ4n) is 4.80. The van der Waals surface area contributed by atoms with Crippen LogP contribution < -0.4 is 0 Å². The molecule has 3 aliphatic rings. The lowest BCUT2D eigenvalue weighted by molar-refractivity contribution is -0.199. The fraction of sp³-hybridized carbons (Fsp3) is 1.00. The van der Waals surface area contributed by atoms with Gasteiger partial charge in [0.2, 0.25) is 0 Å². The van der Waals surface area contributed by atoms with E-state index in [0.29, 0.717) is 11.8 Å². The summed E-state index contributed by atoms with van der Waals surface area (Å²) in [4.78, 5) is 0. The number of ether oxygens (including phenoxy) is 3. The van der Waals surface area contributed by atoms with Crippen LogP contribution in [0.25, 0.3) is 0 Å². The highest BCUT2D eigenvalue weighted by Crippen LogP contribution is 2.46. The summed E-state index contributed by atoms with van der Waals surface area (Å²) in [7, 11) is 0. The average molecular weight is 387 g/mol. The number of fused-ring (bicyclic) bond motifs is 1. The molecule has 0 bridgehead atoms. The Morgan fingerprint density at radius 2 is 1.96 bits per heavy atom. The van der Waals surface area contributed by atoms with E-state index in [1.54, 1.807) is 0 Å². The van der Waals surface area contributed by atoms with Crippen molar-refractivity contribution in [3.05, 3.63) is 0 Å². The highest BCUT2D eigenvalue weighted by atomic mass is 32.2. The number of rotatable bonds is 11. The molecule has 26 heavy (non-hydrogen) atoms. The summed E-state index contributed by atoms with van der Waals surface area (Å²) in [5.74, 6) is 3.45. The van der Waals surface area contributed by atoms with Gasteiger partial charge in [0.25, 0.3) is 0 Å². The molecule has 6 atom stereocenters. The fourth-order valence-corrected chi connectivity index (χ4v) is 5.85. The van der Waals surface area contributed by atoms with Crippen LogP contribution in [0.1, 0.15) is 77.6 Å². The molecule has 0 aromatic heterocycles. The molecular formula is C21H38O4S. The first-order valence-corrected chi connectivity index (χ1v) is 12.1. The van der Waals surface area contributed by atoms with Crippen LogP contribution >= 0.6 is 11.8 Å². The molecule has 0 radical (unpaired) electrons. The summed E-state index contributed by atoms with van der Waals surface area (Å²) in [5, 5.41) is 9.88. The number of aliphatic hydroxyl groups is 1. The van der Waals surface area contributed by atoms with Gasteiger partial charge in [-0.2, -0.15) is 11.8 Å². The van der Waals surface area contributed by atoms with Crippen molar-refractivity contribution in [2.75, 3.05) is 18.1 Å². The van der Waals surface area contributed by atoms with Gasteiger partial charge in [-0.3, -0.25) is 0 Å². The van der Waals surface area contributed by atoms with E-state index in [9.17, 15) is 5.11 Å². The number of hydrogen-bond donors (Lipinski definition) is 1. The Labute approximate surface area is 163 Å². The molecule has 3 rings (SSSR count). The molecule has 152 valence electrons. The molecule has 0 spiro atoms. The van der Waals surface area contributed by atoms with E-state index in [0.717, 1.165) is 32.3 Å². The van der Waals surface area contributed by atoms with Gasteiger partial charge in [-0.15, -0.1) is 0 Å². The molecule has 1 aliphatic carbocycles. The number of aliphatic hydroxyl groups excluding tert-OH is 1. The highest BCUT2D eigenvalue weighted by molar-refractivity contribution is 7.99. The van der Waals surface area contributed by atoms with Crippen molar-refractivity contribution < 1.29 is 19.3 Å². The van der Waals surface area contributed by atoms with E-state index in [2.05, 4.69) is 18.7 Å². The third-order valence-corrected chi connectivity index (χ3v) is 7.33. The maximum absolute atomic E-state index is 9.88. The lowest BCUT2D eigenvalue weighted by atomic mass is 9.90. The SMILES string of the molecule is CCCCCCCSCC[C@@H]1[C@H]2CC(O)O[C@H]2C[C@H]1OC1CCCCO1. The molecule has 0 aromatic rings. The minimum absolute atomic E-state index is 0.0220. The molecule has 1 saturated carbocycles. The van der Waals surface area contributed by atoms with Gasteiger partial charge in [0.15, 0.2) is 12.6 Å². The quantitative estimate of drug-likeness (QED) is 0.520. The molecule has 4 nitrogen and oxygen atoms in total. The molecule has 2 aliphatic heterocycles. The van der Waals surface area contributed by atoms with Crippen molar-refractivity contribution in [3.8, 4) is 0 Å². The van der Waals surface area contributed by atoms with Crippen molar-refractivity contribution in [1.29, 1.82) is 0 Å². The van der Waals surface area contributed by atoms with E-state index in [1.165, 1.54) is 56.5 Å². The molecule has 2 heterocycles. The summed E-state index contributed by atoms with van der Waals surface area (Å²) in [6.45, 7) is 3.10. The first kappa shape index (κ1) is 20.9. The third kappa shape index (κ3) is 6.10. The highest BCUT2D eigenvalue weighted by Gasteiger charge is 2.50. The van der Waals surface area contributed by atoms with Gasteiger partial charge in [-0.05, 0) is 55.4 Å². The maximum atomic E-state index is 9.88. The molecule has 1 N–H and O–H groups in total. The van der Waals surface area contributed by atoms with Crippen LogP contribution in [0.15, 0.2) is 0 Å². The summed E-state index contributed by atoms with van der Waals surface area (Å²) in [6, 6.07) is 0. The lowest BCUT2D eigenvalue weighted by Crippen LogP contribution is -2.32. The van der Waals surface area contributed by atoms with Crippen LogP contribution in [0.2, 0.25) is 0 Å². The molecule has 2 saturated heterocycles. The van der Waals surface area contributed by atoms with E-state index in [1.807, 2.05) is 0 Å². The topological polar surface area (TPSA) is 47.9 Å². The second-order valence-electron chi connectivity index (χ2n) is 8.21. The lowest BCUT2D eigenvalue weighted by Gasteiger charge is -2.30. The van der Waals surface area contributed by atoms with E-state index in [-0.39, 0.29) is 18.5 Å². The number of hydrogen-bond acceptors (Lipinski definition) is 5. The Balaban J connectivity index is 1.40. The predicted molar refractivity (Wildman–Crippen MR) is 106 cm³/mol. The van der Waals surface area contributed by atoms with Crippen LogP contribution in [-0.4, -0.2) is 48.0 Å². The zero-order valence-corrected chi connectivity index (χ0v) is 17.3. The zero-order valence-electron chi connectivity index (χ0n) is 16.4. The summed E-state index contributed by atoms with van der Waals surface area (Å²) in [5.41, 5.74) is 0. The van der Waals surface area contributed by atoms with E-state index < -0.39 is 6.29 Å². The van der Waals surface area contributed by atoms with Gasteiger partial charge in [0.05, 0.1) is 12.2 Å². The second-order valence-corrected chi connectivity index (χ2v) is 9.44. The first-order valence-electron chi connectivity index (χ1n) is 11.0. The van der Waals surface area contributed by atoms with Gasteiger partial charge in [0.1, 0.15) is 0 Å². The molecule has 0 amide bonds. The second kappa shape index (κ2) is 11.3. The van der Waals surface area contributed by atoms with E-state index in [4.69, 9.17) is 14.2 Å². The Morgan fingerprint density at radius 1 is 1.08 bits per heavy atom. The molecule has 3 fully saturated rings. The Kier molecular flexibility index (Phi) is 9.05. The van der Waals surface area contributed by atoms with Gasteiger partial charge in [-0.1, -0.05) is 32.6 Å². The molecule has 5 heteroatoms. The number of thioether (sulfide) groups is 1. The summed E-state index contributed by atoms with van der Waals surface area (Å²) >= 11 is 2.09. The third-order valence-electron chi connectivity index (χ3n) is 6.23. The van der Waals surface area contributed by atoms with Crippen molar-refractivity contribution in [3.63, 3.8) is 0 Å². The standard InChI is InChI=1S/C21H38O4S/c1-2-3-4-5-8-12-26-13-10-16-17-14-20(22)24-19(17)15-18(16)25-21-9-6-7-11-23-21/h16-22H,2-15H2,1H3/t16-,17-,18-,19+,20?,21?/m1/s1. The van der Waals surface area contributed by atoms with Gasteiger partial charge < -0.3 is 19.3 Å². The first-order chi connectivity index (χ1) is 12.8. The minimum atomic E-state index is -0.564. The predicted octanol–water partition coefficient (Wildman–Crippen LogP) is 4.74.